The average Bonchev–Trinajstić information content (AvgIpc) is 2.55. The van der Waals surface area contributed by atoms with Crippen molar-refractivity contribution in [3.8, 4) is 0 Å². The highest BCUT2D eigenvalue weighted by Gasteiger charge is 1.99. The Kier molecular flexibility index (Phi) is 4.81. The van der Waals surface area contributed by atoms with Crippen LogP contribution in [0.1, 0.15) is 11.3 Å². The van der Waals surface area contributed by atoms with Gasteiger partial charge in [0.1, 0.15) is 5.82 Å². The number of hydrogen-bond acceptors (Lipinski definition) is 5. The summed E-state index contributed by atoms with van der Waals surface area (Å²) in [5.74, 6) is 0.839. The van der Waals surface area contributed by atoms with Crippen molar-refractivity contribution in [1.29, 1.82) is 5.41 Å². The lowest BCUT2D eigenvalue weighted by Crippen LogP contribution is -2.08. The summed E-state index contributed by atoms with van der Waals surface area (Å²) in [5.41, 5.74) is 13.8. The van der Waals surface area contributed by atoms with Gasteiger partial charge in [-0.05, 0) is 30.3 Å². The van der Waals surface area contributed by atoms with Gasteiger partial charge in [-0.3, -0.25) is 0 Å². The molecule has 0 spiro atoms. The highest BCUT2D eigenvalue weighted by atomic mass is 15.0. The zero-order valence-corrected chi connectivity index (χ0v) is 12.1. The third-order valence-electron chi connectivity index (χ3n) is 2.83. The van der Waals surface area contributed by atoms with E-state index in [4.69, 9.17) is 16.9 Å². The van der Waals surface area contributed by atoms with Gasteiger partial charge >= 0.3 is 0 Å². The maximum absolute atomic E-state index is 7.27. The Balaban J connectivity index is 2.18. The molecule has 1 aromatic carbocycles. The first-order chi connectivity index (χ1) is 10.6. The van der Waals surface area contributed by atoms with Crippen LogP contribution in [0.3, 0.4) is 0 Å². The number of anilines is 2. The number of nitrogens with zero attached hydrogens (tertiary/aromatic N) is 3. The molecule has 6 N–H and O–H groups in total. The molecular weight excluding hydrogens is 278 g/mol. The van der Waals surface area contributed by atoms with Crippen LogP contribution in [0, 0.1) is 5.41 Å². The van der Waals surface area contributed by atoms with E-state index < -0.39 is 0 Å². The average molecular weight is 295 g/mol. The van der Waals surface area contributed by atoms with Crippen molar-refractivity contribution in [2.45, 2.75) is 0 Å². The van der Waals surface area contributed by atoms with Crippen LogP contribution in [-0.2, 0) is 0 Å². The fraction of sp³-hybridized carbons (Fsp3) is 0.0667. The topological polar surface area (TPSA) is 126 Å². The number of benzene rings is 1. The molecule has 0 saturated heterocycles. The normalized spacial score (nSPS) is 11.6. The van der Waals surface area contributed by atoms with Crippen molar-refractivity contribution in [3.05, 3.63) is 47.7 Å². The Bertz CT molecular complexity index is 734. The third-order valence-corrected chi connectivity index (χ3v) is 2.83. The van der Waals surface area contributed by atoms with Crippen molar-refractivity contribution >= 4 is 35.6 Å². The van der Waals surface area contributed by atoms with E-state index in [1.165, 1.54) is 12.4 Å². The van der Waals surface area contributed by atoms with E-state index in [2.05, 4.69) is 20.3 Å². The van der Waals surface area contributed by atoms with E-state index in [0.29, 0.717) is 22.6 Å². The zero-order valence-electron chi connectivity index (χ0n) is 12.1. The standard InChI is InChI=1S/C15H17N7/c1-19-14-4-2-3-12(21-14)9-20-15(18)22-11-5-6-13(17)10(7-11)8-16/h2-9,16H,17H2,1H3,(H2,18,22)(H,19,21)/b16-8?,20-9+. The molecule has 7 nitrogen and oxygen atoms in total. The van der Waals surface area contributed by atoms with Gasteiger partial charge in [0.25, 0.3) is 0 Å². The summed E-state index contributed by atoms with van der Waals surface area (Å²) < 4.78 is 0. The van der Waals surface area contributed by atoms with Gasteiger partial charge in [0.2, 0.25) is 5.96 Å². The highest BCUT2D eigenvalue weighted by Crippen LogP contribution is 2.18. The van der Waals surface area contributed by atoms with Gasteiger partial charge in [-0.1, -0.05) is 6.07 Å². The fourth-order valence-corrected chi connectivity index (χ4v) is 1.71. The molecule has 0 radical (unpaired) electrons. The second-order valence-electron chi connectivity index (χ2n) is 4.38. The van der Waals surface area contributed by atoms with E-state index in [1.807, 2.05) is 18.2 Å². The minimum atomic E-state index is 0.0948. The number of aromatic nitrogens is 1. The summed E-state index contributed by atoms with van der Waals surface area (Å²) in [6.45, 7) is 0. The molecule has 7 heteroatoms. The molecule has 1 heterocycles. The van der Waals surface area contributed by atoms with Gasteiger partial charge < -0.3 is 22.2 Å². The first kappa shape index (κ1) is 15.2. The van der Waals surface area contributed by atoms with Crippen molar-refractivity contribution in [3.63, 3.8) is 0 Å². The second-order valence-corrected chi connectivity index (χ2v) is 4.38. The number of nitrogen functional groups attached to an aromatic ring is 1. The van der Waals surface area contributed by atoms with E-state index in [1.54, 1.807) is 25.2 Å². The minimum absolute atomic E-state index is 0.0948. The molecule has 0 aliphatic carbocycles. The Morgan fingerprint density at radius 3 is 2.86 bits per heavy atom. The van der Waals surface area contributed by atoms with Gasteiger partial charge in [0.05, 0.1) is 17.6 Å². The summed E-state index contributed by atoms with van der Waals surface area (Å²) in [7, 11) is 1.79. The van der Waals surface area contributed by atoms with E-state index >= 15 is 0 Å². The summed E-state index contributed by atoms with van der Waals surface area (Å²) in [6.07, 6.45) is 2.70. The van der Waals surface area contributed by atoms with E-state index in [-0.39, 0.29) is 5.96 Å². The molecule has 22 heavy (non-hydrogen) atoms. The number of nitrogens with one attached hydrogen (secondary N) is 2. The zero-order chi connectivity index (χ0) is 15.9. The van der Waals surface area contributed by atoms with Crippen LogP contribution < -0.4 is 16.8 Å². The van der Waals surface area contributed by atoms with Gasteiger partial charge in [-0.25, -0.2) is 15.0 Å². The molecule has 0 amide bonds. The van der Waals surface area contributed by atoms with E-state index in [9.17, 15) is 0 Å². The lowest BCUT2D eigenvalue weighted by atomic mass is 10.2. The van der Waals surface area contributed by atoms with Crippen LogP contribution >= 0.6 is 0 Å². The third kappa shape index (κ3) is 3.89. The molecule has 0 unspecified atom stereocenters. The monoisotopic (exact) mass is 295 g/mol. The molecular formula is C15H17N7. The molecule has 0 aliphatic heterocycles. The Morgan fingerprint density at radius 2 is 2.14 bits per heavy atom. The number of pyridine rings is 1. The largest absolute Gasteiger partial charge is 0.398 e. The number of nitrogens with two attached hydrogens (primary N) is 2. The Labute approximate surface area is 128 Å². The first-order valence-electron chi connectivity index (χ1n) is 6.55. The van der Waals surface area contributed by atoms with Crippen LogP contribution in [-0.4, -0.2) is 30.4 Å². The van der Waals surface area contributed by atoms with Gasteiger partial charge in [0.15, 0.2) is 0 Å². The summed E-state index contributed by atoms with van der Waals surface area (Å²) >= 11 is 0. The molecule has 112 valence electrons. The molecule has 1 aromatic heterocycles. The number of guanidine groups is 1. The minimum Gasteiger partial charge on any atom is -0.398 e. The molecule has 0 fully saturated rings. The number of aliphatic imine (C=N–C) groups is 2. The summed E-state index contributed by atoms with van der Waals surface area (Å²) in [4.78, 5) is 12.5. The summed E-state index contributed by atoms with van der Waals surface area (Å²) in [5, 5.41) is 10.2. The Morgan fingerprint density at radius 1 is 1.32 bits per heavy atom. The van der Waals surface area contributed by atoms with E-state index in [0.717, 1.165) is 5.82 Å². The highest BCUT2D eigenvalue weighted by molar-refractivity contribution is 5.93. The molecule has 2 rings (SSSR count). The second kappa shape index (κ2) is 6.98. The van der Waals surface area contributed by atoms with Crippen LogP contribution in [0.4, 0.5) is 17.2 Å². The predicted molar refractivity (Wildman–Crippen MR) is 91.4 cm³/mol. The molecule has 0 saturated carbocycles. The maximum atomic E-state index is 7.27. The predicted octanol–water partition coefficient (Wildman–Crippen LogP) is 1.77. The maximum Gasteiger partial charge on any atom is 0.220 e. The SMILES string of the molecule is CNc1cccc(/C=N/C(N)=Nc2ccc(N)c(C=N)c2)n1. The van der Waals surface area contributed by atoms with Crippen LogP contribution in [0.15, 0.2) is 46.4 Å². The lowest BCUT2D eigenvalue weighted by Gasteiger charge is -2.01. The van der Waals surface area contributed by atoms with Gasteiger partial charge in [0, 0.05) is 24.5 Å². The van der Waals surface area contributed by atoms with Gasteiger partial charge in [-0.2, -0.15) is 0 Å². The van der Waals surface area contributed by atoms with Crippen molar-refractivity contribution < 1.29 is 0 Å². The Hall–Kier alpha value is -3.22. The van der Waals surface area contributed by atoms with Crippen molar-refractivity contribution in [2.24, 2.45) is 15.7 Å². The first-order valence-corrected chi connectivity index (χ1v) is 6.55. The van der Waals surface area contributed by atoms with Crippen LogP contribution in [0.2, 0.25) is 0 Å². The molecule has 0 bridgehead atoms. The number of hydrogen-bond donors (Lipinski definition) is 4. The van der Waals surface area contributed by atoms with Crippen molar-refractivity contribution in [1.82, 2.24) is 4.98 Å². The van der Waals surface area contributed by atoms with Crippen LogP contribution in [0.25, 0.3) is 0 Å². The van der Waals surface area contributed by atoms with Crippen molar-refractivity contribution in [2.75, 3.05) is 18.1 Å². The summed E-state index contributed by atoms with van der Waals surface area (Å²) in [6, 6.07) is 10.6. The smallest absolute Gasteiger partial charge is 0.220 e. The van der Waals surface area contributed by atoms with Crippen LogP contribution in [0.5, 0.6) is 0 Å². The molecule has 0 atom stereocenters. The molecule has 2 aromatic rings. The van der Waals surface area contributed by atoms with Gasteiger partial charge in [-0.15, -0.1) is 0 Å². The quantitative estimate of drug-likeness (QED) is 0.389. The number of rotatable bonds is 4. The fourth-order valence-electron chi connectivity index (χ4n) is 1.71. The lowest BCUT2D eigenvalue weighted by molar-refractivity contribution is 1.27. The molecule has 0 aliphatic rings.